The summed E-state index contributed by atoms with van der Waals surface area (Å²) in [6.07, 6.45) is 0. The lowest BCUT2D eigenvalue weighted by atomic mass is 10.1. The molecule has 15 heavy (non-hydrogen) atoms. The maximum absolute atomic E-state index is 13.5. The van der Waals surface area contributed by atoms with E-state index in [0.29, 0.717) is 20.6 Å². The van der Waals surface area contributed by atoms with E-state index in [-0.39, 0.29) is 12.4 Å². The van der Waals surface area contributed by atoms with E-state index < -0.39 is 0 Å². The molecule has 5 heteroatoms. The molecule has 1 aromatic carbocycles. The third-order valence-corrected chi connectivity index (χ3v) is 3.17. The van der Waals surface area contributed by atoms with Crippen molar-refractivity contribution < 1.29 is 9.50 Å². The lowest BCUT2D eigenvalue weighted by Gasteiger charge is -2.00. The first-order valence-electron chi connectivity index (χ1n) is 4.23. The van der Waals surface area contributed by atoms with Crippen LogP contribution < -0.4 is 0 Å². The molecule has 2 rings (SSSR count). The van der Waals surface area contributed by atoms with Crippen molar-refractivity contribution >= 4 is 22.9 Å². The predicted molar refractivity (Wildman–Crippen MR) is 58.4 cm³/mol. The molecule has 0 unspecified atom stereocenters. The molecular formula is C10H7ClFNOS. The standard InChI is InChI=1S/C10H7ClFNOS/c11-10-13-8(5-14)9(15-10)6-3-1-2-4-7(6)12/h1-4,14H,5H2. The van der Waals surface area contributed by atoms with Crippen LogP contribution in [0.3, 0.4) is 0 Å². The van der Waals surface area contributed by atoms with E-state index >= 15 is 0 Å². The molecule has 0 saturated carbocycles. The van der Waals surface area contributed by atoms with Crippen LogP contribution in [0.25, 0.3) is 10.4 Å². The Hall–Kier alpha value is -0.970. The van der Waals surface area contributed by atoms with E-state index in [1.807, 2.05) is 0 Å². The number of rotatable bonds is 2. The number of benzene rings is 1. The van der Waals surface area contributed by atoms with Crippen LogP contribution in [0, 0.1) is 5.82 Å². The van der Waals surface area contributed by atoms with Crippen molar-refractivity contribution in [2.24, 2.45) is 0 Å². The number of aromatic nitrogens is 1. The highest BCUT2D eigenvalue weighted by molar-refractivity contribution is 7.19. The fourth-order valence-corrected chi connectivity index (χ4v) is 2.45. The van der Waals surface area contributed by atoms with Crippen LogP contribution in [0.1, 0.15) is 5.69 Å². The SMILES string of the molecule is OCc1nc(Cl)sc1-c1ccccc1F. The molecule has 0 aliphatic heterocycles. The number of halogens is 2. The smallest absolute Gasteiger partial charge is 0.184 e. The minimum Gasteiger partial charge on any atom is -0.390 e. The summed E-state index contributed by atoms with van der Waals surface area (Å²) in [5.74, 6) is -0.340. The van der Waals surface area contributed by atoms with E-state index in [0.717, 1.165) is 11.3 Å². The van der Waals surface area contributed by atoms with Gasteiger partial charge in [-0.2, -0.15) is 0 Å². The van der Waals surface area contributed by atoms with E-state index in [1.165, 1.54) is 6.07 Å². The van der Waals surface area contributed by atoms with Crippen LogP contribution in [0.5, 0.6) is 0 Å². The first kappa shape index (κ1) is 10.5. The average molecular weight is 244 g/mol. The highest BCUT2D eigenvalue weighted by Crippen LogP contribution is 2.34. The summed E-state index contributed by atoms with van der Waals surface area (Å²) in [6.45, 7) is -0.243. The van der Waals surface area contributed by atoms with Crippen LogP contribution >= 0.6 is 22.9 Å². The molecule has 78 valence electrons. The molecule has 0 bridgehead atoms. The molecule has 0 spiro atoms. The van der Waals surface area contributed by atoms with Gasteiger partial charge in [-0.1, -0.05) is 29.8 Å². The normalized spacial score (nSPS) is 10.6. The van der Waals surface area contributed by atoms with Crippen LogP contribution in [0.2, 0.25) is 4.47 Å². The van der Waals surface area contributed by atoms with Crippen molar-refractivity contribution in [1.82, 2.24) is 4.98 Å². The Bertz CT molecular complexity index is 486. The van der Waals surface area contributed by atoms with Gasteiger partial charge in [-0.3, -0.25) is 0 Å². The largest absolute Gasteiger partial charge is 0.390 e. The second-order valence-electron chi connectivity index (χ2n) is 2.88. The Morgan fingerprint density at radius 2 is 2.13 bits per heavy atom. The minimum absolute atomic E-state index is 0.243. The summed E-state index contributed by atoms with van der Waals surface area (Å²) in [5, 5.41) is 9.05. The minimum atomic E-state index is -0.340. The summed E-state index contributed by atoms with van der Waals surface area (Å²) in [4.78, 5) is 4.50. The van der Waals surface area contributed by atoms with Crippen LogP contribution in [0.4, 0.5) is 4.39 Å². The van der Waals surface area contributed by atoms with Gasteiger partial charge in [0.05, 0.1) is 17.2 Å². The van der Waals surface area contributed by atoms with Crippen molar-refractivity contribution in [2.45, 2.75) is 6.61 Å². The molecule has 1 heterocycles. The van der Waals surface area contributed by atoms with Gasteiger partial charge >= 0.3 is 0 Å². The van der Waals surface area contributed by atoms with Gasteiger partial charge in [0.1, 0.15) is 5.82 Å². The Balaban J connectivity index is 2.58. The summed E-state index contributed by atoms with van der Waals surface area (Å²) in [5.41, 5.74) is 0.834. The van der Waals surface area contributed by atoms with E-state index in [4.69, 9.17) is 16.7 Å². The lowest BCUT2D eigenvalue weighted by molar-refractivity contribution is 0.278. The number of aliphatic hydroxyl groups excluding tert-OH is 1. The molecule has 1 aromatic heterocycles. The number of hydrogen-bond donors (Lipinski definition) is 1. The zero-order chi connectivity index (χ0) is 10.8. The van der Waals surface area contributed by atoms with Gasteiger partial charge in [0, 0.05) is 5.56 Å². The second-order valence-corrected chi connectivity index (χ2v) is 4.46. The van der Waals surface area contributed by atoms with Gasteiger partial charge in [0.25, 0.3) is 0 Å². The zero-order valence-corrected chi connectivity index (χ0v) is 9.15. The molecule has 0 fully saturated rings. The van der Waals surface area contributed by atoms with Crippen LogP contribution in [-0.2, 0) is 6.61 Å². The van der Waals surface area contributed by atoms with E-state index in [2.05, 4.69) is 4.98 Å². The van der Waals surface area contributed by atoms with Gasteiger partial charge < -0.3 is 5.11 Å². The highest BCUT2D eigenvalue weighted by Gasteiger charge is 2.14. The predicted octanol–water partition coefficient (Wildman–Crippen LogP) is 3.09. The molecule has 2 aromatic rings. The summed E-state index contributed by atoms with van der Waals surface area (Å²) in [7, 11) is 0. The Morgan fingerprint density at radius 3 is 2.80 bits per heavy atom. The van der Waals surface area contributed by atoms with Crippen molar-refractivity contribution in [3.63, 3.8) is 0 Å². The first-order chi connectivity index (χ1) is 7.22. The van der Waals surface area contributed by atoms with Gasteiger partial charge in [0.15, 0.2) is 4.47 Å². The second kappa shape index (κ2) is 4.26. The molecule has 0 atom stereocenters. The summed E-state index contributed by atoms with van der Waals surface area (Å²) < 4.78 is 13.8. The Kier molecular flexibility index (Phi) is 3.00. The number of hydrogen-bond acceptors (Lipinski definition) is 3. The third-order valence-electron chi connectivity index (χ3n) is 1.94. The Morgan fingerprint density at radius 1 is 1.40 bits per heavy atom. The van der Waals surface area contributed by atoms with Gasteiger partial charge in [-0.25, -0.2) is 9.37 Å². The molecule has 0 amide bonds. The molecule has 0 aliphatic rings. The summed E-state index contributed by atoms with van der Waals surface area (Å²) >= 11 is 6.88. The molecule has 0 aliphatic carbocycles. The van der Waals surface area contributed by atoms with Crippen molar-refractivity contribution in [2.75, 3.05) is 0 Å². The van der Waals surface area contributed by atoms with Gasteiger partial charge in [0.2, 0.25) is 0 Å². The van der Waals surface area contributed by atoms with Gasteiger partial charge in [-0.05, 0) is 6.07 Å². The molecule has 1 N–H and O–H groups in total. The Labute approximate surface area is 95.0 Å². The average Bonchev–Trinajstić information content (AvgIpc) is 2.60. The van der Waals surface area contributed by atoms with Gasteiger partial charge in [-0.15, -0.1) is 11.3 Å². The van der Waals surface area contributed by atoms with Crippen molar-refractivity contribution in [3.05, 3.63) is 40.2 Å². The van der Waals surface area contributed by atoms with E-state index in [9.17, 15) is 4.39 Å². The van der Waals surface area contributed by atoms with Crippen LogP contribution in [-0.4, -0.2) is 10.1 Å². The molecule has 0 saturated heterocycles. The fraction of sp³-hybridized carbons (Fsp3) is 0.100. The third kappa shape index (κ3) is 2.02. The zero-order valence-electron chi connectivity index (χ0n) is 7.58. The first-order valence-corrected chi connectivity index (χ1v) is 5.43. The highest BCUT2D eigenvalue weighted by atomic mass is 35.5. The number of nitrogens with zero attached hydrogens (tertiary/aromatic N) is 1. The molecule has 2 nitrogen and oxygen atoms in total. The monoisotopic (exact) mass is 243 g/mol. The van der Waals surface area contributed by atoms with Crippen molar-refractivity contribution in [1.29, 1.82) is 0 Å². The lowest BCUT2D eigenvalue weighted by Crippen LogP contribution is -1.88. The van der Waals surface area contributed by atoms with E-state index in [1.54, 1.807) is 18.2 Å². The maximum Gasteiger partial charge on any atom is 0.184 e. The van der Waals surface area contributed by atoms with Crippen molar-refractivity contribution in [3.8, 4) is 10.4 Å². The number of aliphatic hydroxyl groups is 1. The topological polar surface area (TPSA) is 33.1 Å². The summed E-state index contributed by atoms with van der Waals surface area (Å²) in [6, 6.07) is 6.34. The quantitative estimate of drug-likeness (QED) is 0.879. The van der Waals surface area contributed by atoms with Crippen LogP contribution in [0.15, 0.2) is 24.3 Å². The maximum atomic E-state index is 13.5. The molecule has 0 radical (unpaired) electrons. The molecular weight excluding hydrogens is 237 g/mol. The fourth-order valence-electron chi connectivity index (χ4n) is 1.29. The number of thiazole rings is 1.